The minimum atomic E-state index is -0.549. The number of hydrogen-bond acceptors (Lipinski definition) is 5. The molecule has 2 aromatic heterocycles. The van der Waals surface area contributed by atoms with Crippen LogP contribution in [0, 0.1) is 0 Å². The number of carbonyl (C=O) groups is 2. The lowest BCUT2D eigenvalue weighted by molar-refractivity contribution is -0.124. The van der Waals surface area contributed by atoms with Crippen LogP contribution in [0.2, 0.25) is 0 Å². The summed E-state index contributed by atoms with van der Waals surface area (Å²) < 4.78 is 5.22. The topological polar surface area (TPSA) is 81.2 Å². The smallest absolute Gasteiger partial charge is 0.339 e. The summed E-state index contributed by atoms with van der Waals surface area (Å²) in [5.74, 6) is -0.823. The minimum Gasteiger partial charge on any atom is -0.452 e. The molecule has 2 heterocycles. The molecule has 1 aliphatic carbocycles. The average molecular weight is 347 g/mol. The van der Waals surface area contributed by atoms with Crippen molar-refractivity contribution in [3.63, 3.8) is 0 Å². The predicted octanol–water partition coefficient (Wildman–Crippen LogP) is 2.73. The largest absolute Gasteiger partial charge is 0.452 e. The van der Waals surface area contributed by atoms with Gasteiger partial charge < -0.3 is 10.1 Å². The molecule has 3 aromatic rings. The highest BCUT2D eigenvalue weighted by Crippen LogP contribution is 2.24. The number of esters is 1. The number of amides is 1. The second-order valence-electron chi connectivity index (χ2n) is 6.21. The number of benzene rings is 1. The van der Waals surface area contributed by atoms with Crippen molar-refractivity contribution >= 4 is 22.8 Å². The van der Waals surface area contributed by atoms with E-state index in [0.717, 1.165) is 12.8 Å². The van der Waals surface area contributed by atoms with Crippen LogP contribution in [0.4, 0.5) is 0 Å². The molecule has 1 amide bonds. The zero-order valence-electron chi connectivity index (χ0n) is 14.0. The van der Waals surface area contributed by atoms with E-state index in [0.29, 0.717) is 27.9 Å². The van der Waals surface area contributed by atoms with Crippen LogP contribution in [0.3, 0.4) is 0 Å². The number of rotatable bonds is 5. The van der Waals surface area contributed by atoms with Crippen LogP contribution in [-0.2, 0) is 9.53 Å². The maximum Gasteiger partial charge on any atom is 0.339 e. The highest BCUT2D eigenvalue weighted by atomic mass is 16.5. The maximum atomic E-state index is 12.6. The van der Waals surface area contributed by atoms with Crippen LogP contribution in [0.5, 0.6) is 0 Å². The zero-order valence-corrected chi connectivity index (χ0v) is 14.0. The lowest BCUT2D eigenvalue weighted by atomic mass is 10.1. The maximum absolute atomic E-state index is 12.6. The number of aromatic nitrogens is 2. The Kier molecular flexibility index (Phi) is 4.31. The number of nitrogens with zero attached hydrogens (tertiary/aromatic N) is 2. The Labute approximate surface area is 150 Å². The van der Waals surface area contributed by atoms with Crippen molar-refractivity contribution in [1.82, 2.24) is 15.3 Å². The van der Waals surface area contributed by atoms with E-state index in [4.69, 9.17) is 4.74 Å². The molecule has 0 radical (unpaired) electrons. The van der Waals surface area contributed by atoms with E-state index in [2.05, 4.69) is 15.3 Å². The molecular weight excluding hydrogens is 330 g/mol. The average Bonchev–Trinajstić information content (AvgIpc) is 3.50. The standard InChI is InChI=1S/C20H17N3O3/c24-19(22-13-8-9-13)12-26-20(25)15-11-18(17-7-3-4-10-21-17)23-16-6-2-1-5-14(15)16/h1-7,10-11,13H,8-9,12H2,(H,22,24). The number of carbonyl (C=O) groups excluding carboxylic acids is 2. The third-order valence-corrected chi connectivity index (χ3v) is 4.14. The van der Waals surface area contributed by atoms with Gasteiger partial charge in [-0.25, -0.2) is 9.78 Å². The van der Waals surface area contributed by atoms with Gasteiger partial charge in [0.2, 0.25) is 0 Å². The fourth-order valence-corrected chi connectivity index (χ4v) is 2.70. The summed E-state index contributed by atoms with van der Waals surface area (Å²) in [6.45, 7) is -0.287. The summed E-state index contributed by atoms with van der Waals surface area (Å²) >= 11 is 0. The summed E-state index contributed by atoms with van der Waals surface area (Å²) in [7, 11) is 0. The van der Waals surface area contributed by atoms with Gasteiger partial charge in [-0.05, 0) is 37.1 Å². The van der Waals surface area contributed by atoms with Gasteiger partial charge in [-0.1, -0.05) is 24.3 Å². The van der Waals surface area contributed by atoms with Gasteiger partial charge in [0.25, 0.3) is 5.91 Å². The lowest BCUT2D eigenvalue weighted by Gasteiger charge is -2.10. The van der Waals surface area contributed by atoms with Crippen LogP contribution in [-0.4, -0.2) is 34.5 Å². The Bertz CT molecular complexity index is 968. The lowest BCUT2D eigenvalue weighted by Crippen LogP contribution is -2.30. The molecule has 0 unspecified atom stereocenters. The van der Waals surface area contributed by atoms with Crippen LogP contribution >= 0.6 is 0 Å². The third kappa shape index (κ3) is 3.54. The molecule has 0 bridgehead atoms. The Balaban J connectivity index is 1.63. The minimum absolute atomic E-state index is 0.235. The van der Waals surface area contributed by atoms with Gasteiger partial charge in [-0.15, -0.1) is 0 Å². The number of nitrogens with one attached hydrogen (secondary N) is 1. The van der Waals surface area contributed by atoms with Crippen LogP contribution in [0.25, 0.3) is 22.3 Å². The molecule has 4 rings (SSSR count). The first-order valence-corrected chi connectivity index (χ1v) is 8.48. The van der Waals surface area contributed by atoms with Crippen molar-refractivity contribution in [3.8, 4) is 11.4 Å². The van der Waals surface area contributed by atoms with Crippen molar-refractivity contribution < 1.29 is 14.3 Å². The van der Waals surface area contributed by atoms with Gasteiger partial charge in [-0.2, -0.15) is 0 Å². The first-order chi connectivity index (χ1) is 12.7. The Morgan fingerprint density at radius 1 is 1.08 bits per heavy atom. The van der Waals surface area contributed by atoms with Crippen molar-refractivity contribution in [1.29, 1.82) is 0 Å². The quantitative estimate of drug-likeness (QED) is 0.718. The first-order valence-electron chi connectivity index (χ1n) is 8.48. The number of pyridine rings is 2. The molecule has 1 saturated carbocycles. The van der Waals surface area contributed by atoms with Crippen molar-refractivity contribution in [3.05, 3.63) is 60.3 Å². The fraction of sp³-hybridized carbons (Fsp3) is 0.200. The molecule has 0 saturated heterocycles. The van der Waals surface area contributed by atoms with E-state index in [1.165, 1.54) is 0 Å². The summed E-state index contributed by atoms with van der Waals surface area (Å²) in [6, 6.07) is 14.7. The number of ether oxygens (including phenoxy) is 1. The van der Waals surface area contributed by atoms with Crippen molar-refractivity contribution in [2.75, 3.05) is 6.61 Å². The molecule has 1 fully saturated rings. The van der Waals surface area contributed by atoms with E-state index in [1.54, 1.807) is 12.3 Å². The van der Waals surface area contributed by atoms with Gasteiger partial charge in [0.15, 0.2) is 6.61 Å². The van der Waals surface area contributed by atoms with E-state index in [1.807, 2.05) is 42.5 Å². The molecular formula is C20H17N3O3. The second kappa shape index (κ2) is 6.92. The molecule has 6 nitrogen and oxygen atoms in total. The number of hydrogen-bond donors (Lipinski definition) is 1. The van der Waals surface area contributed by atoms with E-state index >= 15 is 0 Å². The zero-order chi connectivity index (χ0) is 17.9. The first kappa shape index (κ1) is 16.2. The molecule has 6 heteroatoms. The highest BCUT2D eigenvalue weighted by molar-refractivity contribution is 6.05. The second-order valence-corrected chi connectivity index (χ2v) is 6.21. The summed E-state index contributed by atoms with van der Waals surface area (Å²) in [4.78, 5) is 33.2. The number of fused-ring (bicyclic) bond motifs is 1. The molecule has 130 valence electrons. The van der Waals surface area contributed by atoms with Crippen LogP contribution < -0.4 is 5.32 Å². The predicted molar refractivity (Wildman–Crippen MR) is 96.4 cm³/mol. The van der Waals surface area contributed by atoms with Crippen molar-refractivity contribution in [2.24, 2.45) is 0 Å². The normalized spacial score (nSPS) is 13.4. The highest BCUT2D eigenvalue weighted by Gasteiger charge is 2.24. The summed E-state index contributed by atoms with van der Waals surface area (Å²) in [5, 5.41) is 3.48. The molecule has 0 atom stereocenters. The molecule has 1 aromatic carbocycles. The molecule has 1 aliphatic rings. The van der Waals surface area contributed by atoms with Gasteiger partial charge in [0, 0.05) is 17.6 Å². The Hall–Kier alpha value is -3.28. The van der Waals surface area contributed by atoms with Gasteiger partial charge in [-0.3, -0.25) is 9.78 Å². The number of para-hydroxylation sites is 1. The van der Waals surface area contributed by atoms with Gasteiger partial charge in [0.1, 0.15) is 0 Å². The van der Waals surface area contributed by atoms with E-state index in [9.17, 15) is 9.59 Å². The fourth-order valence-electron chi connectivity index (χ4n) is 2.70. The van der Waals surface area contributed by atoms with Crippen LogP contribution in [0.15, 0.2) is 54.7 Å². The van der Waals surface area contributed by atoms with E-state index < -0.39 is 5.97 Å². The van der Waals surface area contributed by atoms with Crippen molar-refractivity contribution in [2.45, 2.75) is 18.9 Å². The molecule has 26 heavy (non-hydrogen) atoms. The van der Waals surface area contributed by atoms with E-state index in [-0.39, 0.29) is 18.6 Å². The molecule has 1 N–H and O–H groups in total. The summed E-state index contributed by atoms with van der Waals surface area (Å²) in [6.07, 6.45) is 3.65. The third-order valence-electron chi connectivity index (χ3n) is 4.14. The molecule has 0 aliphatic heterocycles. The Morgan fingerprint density at radius 3 is 2.65 bits per heavy atom. The monoisotopic (exact) mass is 347 g/mol. The SMILES string of the molecule is O=C(COC(=O)c1cc(-c2ccccn2)nc2ccccc12)NC1CC1. The van der Waals surface area contributed by atoms with Crippen LogP contribution in [0.1, 0.15) is 23.2 Å². The van der Waals surface area contributed by atoms with Gasteiger partial charge >= 0.3 is 5.97 Å². The Morgan fingerprint density at radius 2 is 1.88 bits per heavy atom. The summed E-state index contributed by atoms with van der Waals surface area (Å²) in [5.41, 5.74) is 2.29. The van der Waals surface area contributed by atoms with Gasteiger partial charge in [0.05, 0.1) is 22.5 Å². The molecule has 0 spiro atoms.